The van der Waals surface area contributed by atoms with Crippen LogP contribution in [-0.4, -0.2) is 24.4 Å². The van der Waals surface area contributed by atoms with E-state index in [1.165, 1.54) is 39.0 Å². The molecule has 1 aliphatic rings. The summed E-state index contributed by atoms with van der Waals surface area (Å²) in [5.74, 6) is 0.286. The Morgan fingerprint density at radius 1 is 1.13 bits per heavy atom. The number of para-hydroxylation sites is 2. The number of carbonyl (C=O) groups is 2. The van der Waals surface area contributed by atoms with Crippen molar-refractivity contribution in [2.45, 2.75) is 52.0 Å². The molecule has 1 aliphatic carbocycles. The summed E-state index contributed by atoms with van der Waals surface area (Å²) in [7, 11) is 0. The van der Waals surface area contributed by atoms with E-state index in [4.69, 9.17) is 0 Å². The number of rotatable bonds is 6. The summed E-state index contributed by atoms with van der Waals surface area (Å²) in [6.07, 6.45) is 6.55. The molecule has 0 radical (unpaired) electrons. The van der Waals surface area contributed by atoms with E-state index < -0.39 is 6.04 Å². The first-order valence-corrected chi connectivity index (χ1v) is 8.47. The smallest absolute Gasteiger partial charge is 0.246 e. The number of hydrogen-bond acceptors (Lipinski definition) is 3. The molecule has 2 amide bonds. The van der Waals surface area contributed by atoms with Gasteiger partial charge in [0.25, 0.3) is 0 Å². The minimum Gasteiger partial charge on any atom is -0.383 e. The molecule has 0 aromatic heterocycles. The molecule has 23 heavy (non-hydrogen) atoms. The first kappa shape index (κ1) is 17.3. The van der Waals surface area contributed by atoms with Crippen LogP contribution in [0.5, 0.6) is 0 Å². The number of amides is 2. The molecule has 0 spiro atoms. The van der Waals surface area contributed by atoms with Crippen molar-refractivity contribution in [2.24, 2.45) is 5.92 Å². The van der Waals surface area contributed by atoms with E-state index in [1.54, 1.807) is 6.92 Å². The number of anilines is 2. The standard InChI is InChI=1S/C18H27N3O2/c1-13(20-14(2)22)18(23)21-17-11-7-6-10-16(17)19-12-15-8-4-3-5-9-15/h6-7,10-11,13,15,19H,3-5,8-9,12H2,1-2H3,(H,20,22)(H,21,23)/t13-/m0/s1. The topological polar surface area (TPSA) is 70.2 Å². The van der Waals surface area contributed by atoms with Gasteiger partial charge in [0.05, 0.1) is 11.4 Å². The molecule has 1 aromatic carbocycles. The van der Waals surface area contributed by atoms with Crippen molar-refractivity contribution in [1.29, 1.82) is 0 Å². The van der Waals surface area contributed by atoms with E-state index in [0.29, 0.717) is 5.92 Å². The zero-order chi connectivity index (χ0) is 16.7. The molecule has 5 nitrogen and oxygen atoms in total. The molecule has 5 heteroatoms. The van der Waals surface area contributed by atoms with E-state index in [1.807, 2.05) is 24.3 Å². The summed E-state index contributed by atoms with van der Waals surface area (Å²) in [5, 5.41) is 8.95. The summed E-state index contributed by atoms with van der Waals surface area (Å²) in [6.45, 7) is 4.02. The van der Waals surface area contributed by atoms with Gasteiger partial charge in [-0.05, 0) is 37.8 Å². The normalized spacial score (nSPS) is 16.4. The van der Waals surface area contributed by atoms with Crippen molar-refractivity contribution in [3.8, 4) is 0 Å². The predicted octanol–water partition coefficient (Wildman–Crippen LogP) is 3.14. The molecule has 1 fully saturated rings. The Bertz CT molecular complexity index is 539. The Balaban J connectivity index is 1.93. The second-order valence-electron chi connectivity index (χ2n) is 6.34. The van der Waals surface area contributed by atoms with Gasteiger partial charge in [-0.15, -0.1) is 0 Å². The molecule has 0 saturated heterocycles. The number of hydrogen-bond donors (Lipinski definition) is 3. The van der Waals surface area contributed by atoms with Gasteiger partial charge in [-0.2, -0.15) is 0 Å². The van der Waals surface area contributed by atoms with Gasteiger partial charge in [0.1, 0.15) is 6.04 Å². The van der Waals surface area contributed by atoms with Crippen LogP contribution >= 0.6 is 0 Å². The average Bonchev–Trinajstić information content (AvgIpc) is 2.54. The van der Waals surface area contributed by atoms with Gasteiger partial charge in [0.15, 0.2) is 0 Å². The summed E-state index contributed by atoms with van der Waals surface area (Å²) < 4.78 is 0. The molecule has 2 rings (SSSR count). The molecule has 0 bridgehead atoms. The van der Waals surface area contributed by atoms with Gasteiger partial charge < -0.3 is 16.0 Å². The van der Waals surface area contributed by atoms with Crippen LogP contribution in [0.15, 0.2) is 24.3 Å². The number of nitrogens with one attached hydrogen (secondary N) is 3. The number of carbonyl (C=O) groups excluding carboxylic acids is 2. The maximum absolute atomic E-state index is 12.2. The fourth-order valence-electron chi connectivity index (χ4n) is 3.00. The first-order valence-electron chi connectivity index (χ1n) is 8.47. The van der Waals surface area contributed by atoms with Gasteiger partial charge >= 0.3 is 0 Å². The highest BCUT2D eigenvalue weighted by Crippen LogP contribution is 2.26. The van der Waals surface area contributed by atoms with E-state index in [9.17, 15) is 9.59 Å². The van der Waals surface area contributed by atoms with E-state index in [2.05, 4.69) is 16.0 Å². The van der Waals surface area contributed by atoms with Gasteiger partial charge in [-0.3, -0.25) is 9.59 Å². The van der Waals surface area contributed by atoms with Gasteiger partial charge in [0.2, 0.25) is 11.8 Å². The van der Waals surface area contributed by atoms with Crippen LogP contribution in [0, 0.1) is 5.92 Å². The van der Waals surface area contributed by atoms with Crippen LogP contribution in [0.25, 0.3) is 0 Å². The van der Waals surface area contributed by atoms with Crippen molar-refractivity contribution in [3.63, 3.8) is 0 Å². The highest BCUT2D eigenvalue weighted by molar-refractivity contribution is 5.98. The molecular weight excluding hydrogens is 290 g/mol. The van der Waals surface area contributed by atoms with Crippen molar-refractivity contribution in [1.82, 2.24) is 5.32 Å². The van der Waals surface area contributed by atoms with Crippen molar-refractivity contribution in [2.75, 3.05) is 17.2 Å². The Labute approximate surface area is 138 Å². The molecule has 0 unspecified atom stereocenters. The van der Waals surface area contributed by atoms with E-state index in [0.717, 1.165) is 17.9 Å². The SMILES string of the molecule is CC(=O)N[C@@H](C)C(=O)Nc1ccccc1NCC1CCCCC1. The van der Waals surface area contributed by atoms with Gasteiger partial charge in [0, 0.05) is 13.5 Å². The summed E-state index contributed by atoms with van der Waals surface area (Å²) in [6, 6.07) is 7.14. The van der Waals surface area contributed by atoms with Crippen LogP contribution in [0.1, 0.15) is 46.0 Å². The molecular formula is C18H27N3O2. The summed E-state index contributed by atoms with van der Waals surface area (Å²) in [4.78, 5) is 23.2. The third-order valence-corrected chi connectivity index (χ3v) is 4.30. The second kappa shape index (κ2) is 8.56. The van der Waals surface area contributed by atoms with Crippen LogP contribution in [0.3, 0.4) is 0 Å². The Kier molecular flexibility index (Phi) is 6.44. The molecule has 0 aliphatic heterocycles. The molecule has 3 N–H and O–H groups in total. The van der Waals surface area contributed by atoms with E-state index >= 15 is 0 Å². The summed E-state index contributed by atoms with van der Waals surface area (Å²) >= 11 is 0. The van der Waals surface area contributed by atoms with Crippen LogP contribution in [-0.2, 0) is 9.59 Å². The van der Waals surface area contributed by atoms with Crippen LogP contribution < -0.4 is 16.0 Å². The zero-order valence-electron chi connectivity index (χ0n) is 14.0. The molecule has 126 valence electrons. The van der Waals surface area contributed by atoms with Gasteiger partial charge in [-0.1, -0.05) is 31.4 Å². The second-order valence-corrected chi connectivity index (χ2v) is 6.34. The minimum absolute atomic E-state index is 0.212. The molecule has 1 atom stereocenters. The monoisotopic (exact) mass is 317 g/mol. The fraction of sp³-hybridized carbons (Fsp3) is 0.556. The molecule has 1 saturated carbocycles. The average molecular weight is 317 g/mol. The van der Waals surface area contributed by atoms with Crippen molar-refractivity contribution in [3.05, 3.63) is 24.3 Å². The maximum Gasteiger partial charge on any atom is 0.246 e. The Morgan fingerprint density at radius 3 is 2.43 bits per heavy atom. The lowest BCUT2D eigenvalue weighted by atomic mass is 9.89. The quantitative estimate of drug-likeness (QED) is 0.755. The third kappa shape index (κ3) is 5.58. The van der Waals surface area contributed by atoms with Crippen molar-refractivity contribution < 1.29 is 9.59 Å². The number of benzene rings is 1. The summed E-state index contributed by atoms with van der Waals surface area (Å²) in [5.41, 5.74) is 1.69. The Hall–Kier alpha value is -2.04. The minimum atomic E-state index is -0.557. The molecule has 0 heterocycles. The molecule has 1 aromatic rings. The highest BCUT2D eigenvalue weighted by Gasteiger charge is 2.16. The van der Waals surface area contributed by atoms with Crippen LogP contribution in [0.2, 0.25) is 0 Å². The maximum atomic E-state index is 12.2. The zero-order valence-corrected chi connectivity index (χ0v) is 14.0. The first-order chi connectivity index (χ1) is 11.1. The lowest BCUT2D eigenvalue weighted by molar-refractivity contribution is -0.124. The van der Waals surface area contributed by atoms with Gasteiger partial charge in [-0.25, -0.2) is 0 Å². The largest absolute Gasteiger partial charge is 0.383 e. The third-order valence-electron chi connectivity index (χ3n) is 4.30. The highest BCUT2D eigenvalue weighted by atomic mass is 16.2. The van der Waals surface area contributed by atoms with Crippen molar-refractivity contribution >= 4 is 23.2 Å². The predicted molar refractivity (Wildman–Crippen MR) is 93.4 cm³/mol. The van der Waals surface area contributed by atoms with E-state index in [-0.39, 0.29) is 11.8 Å². The lowest BCUT2D eigenvalue weighted by Crippen LogP contribution is -2.40. The fourth-order valence-corrected chi connectivity index (χ4v) is 3.00. The Morgan fingerprint density at radius 2 is 1.78 bits per heavy atom. The lowest BCUT2D eigenvalue weighted by Gasteiger charge is -2.23. The van der Waals surface area contributed by atoms with Crippen LogP contribution in [0.4, 0.5) is 11.4 Å².